The van der Waals surface area contributed by atoms with Crippen LogP contribution in [0, 0.1) is 0 Å². The molecule has 1 saturated carbocycles. The minimum absolute atomic E-state index is 0.379. The number of alkyl halides is 1. The molecule has 3 rings (SSSR count). The summed E-state index contributed by atoms with van der Waals surface area (Å²) in [7, 11) is 0. The highest BCUT2D eigenvalue weighted by atomic mass is 79.9. The van der Waals surface area contributed by atoms with E-state index in [1.54, 1.807) is 13.8 Å². The molecule has 6 atom stereocenters. The van der Waals surface area contributed by atoms with Crippen LogP contribution in [-0.2, 0) is 14.2 Å². The fourth-order valence-corrected chi connectivity index (χ4v) is 3.23. The van der Waals surface area contributed by atoms with Crippen molar-refractivity contribution in [3.8, 4) is 0 Å². The lowest BCUT2D eigenvalue weighted by atomic mass is 9.90. The maximum absolute atomic E-state index is 9.84. The van der Waals surface area contributed by atoms with Gasteiger partial charge in [0.15, 0.2) is 10.3 Å². The van der Waals surface area contributed by atoms with Gasteiger partial charge in [-0.15, -0.1) is 0 Å². The average molecular weight is 281 g/mol. The highest BCUT2D eigenvalue weighted by Gasteiger charge is 2.74. The van der Waals surface area contributed by atoms with E-state index in [4.69, 9.17) is 14.2 Å². The van der Waals surface area contributed by atoms with Crippen LogP contribution < -0.4 is 0 Å². The number of ether oxygens (including phenoxy) is 3. The molecule has 86 valence electrons. The predicted octanol–water partition coefficient (Wildman–Crippen LogP) is -0.268. The summed E-state index contributed by atoms with van der Waals surface area (Å²) in [4.78, 5) is 0. The highest BCUT2D eigenvalue weighted by Crippen LogP contribution is 2.57. The van der Waals surface area contributed by atoms with Crippen molar-refractivity contribution in [1.82, 2.24) is 0 Å². The largest absolute Gasteiger partial charge is 0.387 e. The van der Waals surface area contributed by atoms with Crippen molar-refractivity contribution in [3.05, 3.63) is 0 Å². The van der Waals surface area contributed by atoms with Crippen molar-refractivity contribution in [3.63, 3.8) is 0 Å². The third-order valence-electron chi connectivity index (χ3n) is 3.15. The van der Waals surface area contributed by atoms with Crippen LogP contribution in [0.15, 0.2) is 0 Å². The molecule has 0 aromatic carbocycles. The molecule has 15 heavy (non-hydrogen) atoms. The summed E-state index contributed by atoms with van der Waals surface area (Å²) in [6, 6.07) is 0. The van der Waals surface area contributed by atoms with Crippen LogP contribution in [0.1, 0.15) is 13.8 Å². The number of halogens is 1. The Hall–Kier alpha value is 0.280. The molecular formula is C9H13BrO5. The first-order valence-electron chi connectivity index (χ1n) is 4.94. The van der Waals surface area contributed by atoms with Crippen molar-refractivity contribution in [2.45, 2.75) is 54.7 Å². The summed E-state index contributed by atoms with van der Waals surface area (Å²) in [5.41, 5.74) is 0. The van der Waals surface area contributed by atoms with E-state index >= 15 is 0 Å². The Kier molecular flexibility index (Phi) is 1.91. The number of hydrogen-bond donors (Lipinski definition) is 2. The Morgan fingerprint density at radius 2 is 1.67 bits per heavy atom. The van der Waals surface area contributed by atoms with E-state index in [0.29, 0.717) is 0 Å². The molecular weight excluding hydrogens is 268 g/mol. The summed E-state index contributed by atoms with van der Waals surface area (Å²) in [5.74, 6) is -0.752. The van der Waals surface area contributed by atoms with Crippen LogP contribution in [0.4, 0.5) is 0 Å². The number of aliphatic hydroxyl groups excluding tert-OH is 2. The second-order valence-electron chi connectivity index (χ2n) is 4.74. The molecule has 5 nitrogen and oxygen atoms in total. The van der Waals surface area contributed by atoms with Crippen LogP contribution in [0.2, 0.25) is 0 Å². The van der Waals surface area contributed by atoms with Crippen molar-refractivity contribution < 1.29 is 24.4 Å². The van der Waals surface area contributed by atoms with Crippen LogP contribution in [0.25, 0.3) is 0 Å². The molecule has 6 heteroatoms. The van der Waals surface area contributed by atoms with Gasteiger partial charge in [0.2, 0.25) is 0 Å². The molecule has 2 aliphatic heterocycles. The van der Waals surface area contributed by atoms with Crippen LogP contribution >= 0.6 is 15.9 Å². The van der Waals surface area contributed by atoms with Gasteiger partial charge >= 0.3 is 0 Å². The molecule has 2 saturated heterocycles. The van der Waals surface area contributed by atoms with E-state index in [1.807, 2.05) is 0 Å². The Morgan fingerprint density at radius 1 is 1.00 bits per heavy atom. The smallest absolute Gasteiger partial charge is 0.180 e. The molecule has 0 spiro atoms. The SMILES string of the molecule is CC1(C)O[C@H]2[C@H](O)[C@H](O)[C@@H]3O[C@]3(Br)[C@H]2O1. The molecule has 0 aromatic heterocycles. The van der Waals surface area contributed by atoms with Gasteiger partial charge in [-0.1, -0.05) is 0 Å². The molecule has 0 amide bonds. The molecule has 1 aliphatic carbocycles. The van der Waals surface area contributed by atoms with Gasteiger partial charge in [-0.3, -0.25) is 0 Å². The zero-order chi connectivity index (χ0) is 11.0. The monoisotopic (exact) mass is 280 g/mol. The first-order chi connectivity index (χ1) is 6.85. The second kappa shape index (κ2) is 2.75. The van der Waals surface area contributed by atoms with Crippen LogP contribution in [0.3, 0.4) is 0 Å². The van der Waals surface area contributed by atoms with Gasteiger partial charge in [-0.25, -0.2) is 0 Å². The lowest BCUT2D eigenvalue weighted by Crippen LogP contribution is -2.55. The van der Waals surface area contributed by atoms with Crippen LogP contribution in [-0.4, -0.2) is 51.0 Å². The topological polar surface area (TPSA) is 71.5 Å². The Labute approximate surface area is 95.4 Å². The number of rotatable bonds is 0. The zero-order valence-electron chi connectivity index (χ0n) is 8.38. The van der Waals surface area contributed by atoms with Gasteiger partial charge in [0.1, 0.15) is 30.5 Å². The van der Waals surface area contributed by atoms with Gasteiger partial charge in [0.05, 0.1) is 0 Å². The quantitative estimate of drug-likeness (QED) is 0.472. The number of hydrogen-bond acceptors (Lipinski definition) is 5. The van der Waals surface area contributed by atoms with Gasteiger partial charge < -0.3 is 24.4 Å². The lowest BCUT2D eigenvalue weighted by molar-refractivity contribution is -0.162. The fourth-order valence-electron chi connectivity index (χ4n) is 2.41. The van der Waals surface area contributed by atoms with E-state index < -0.39 is 34.7 Å². The molecule has 2 heterocycles. The van der Waals surface area contributed by atoms with Gasteiger partial charge in [0, 0.05) is 0 Å². The molecule has 3 aliphatic rings. The summed E-state index contributed by atoms with van der Waals surface area (Å²) in [6.45, 7) is 3.55. The van der Waals surface area contributed by atoms with E-state index in [0.717, 1.165) is 0 Å². The number of fused-ring (bicyclic) bond motifs is 3. The molecule has 0 unspecified atom stereocenters. The maximum Gasteiger partial charge on any atom is 0.180 e. The second-order valence-corrected chi connectivity index (χ2v) is 5.98. The van der Waals surface area contributed by atoms with E-state index in [2.05, 4.69) is 15.9 Å². The van der Waals surface area contributed by atoms with Gasteiger partial charge in [-0.2, -0.15) is 0 Å². The van der Waals surface area contributed by atoms with Gasteiger partial charge in [-0.05, 0) is 29.8 Å². The lowest BCUT2D eigenvalue weighted by Gasteiger charge is -2.31. The van der Waals surface area contributed by atoms with E-state index in [1.165, 1.54) is 0 Å². The minimum atomic E-state index is -0.963. The molecule has 0 aromatic rings. The predicted molar refractivity (Wildman–Crippen MR) is 52.4 cm³/mol. The zero-order valence-corrected chi connectivity index (χ0v) is 9.97. The molecule has 0 bridgehead atoms. The normalized spacial score (nSPS) is 61.0. The fraction of sp³-hybridized carbons (Fsp3) is 1.00. The first kappa shape index (κ1) is 10.4. The average Bonchev–Trinajstić information content (AvgIpc) is 2.71. The maximum atomic E-state index is 9.84. The Morgan fingerprint density at radius 3 is 2.33 bits per heavy atom. The molecule has 2 N–H and O–H groups in total. The number of aliphatic hydroxyl groups is 2. The Balaban J connectivity index is 1.93. The highest BCUT2D eigenvalue weighted by molar-refractivity contribution is 9.10. The van der Waals surface area contributed by atoms with Crippen molar-refractivity contribution in [2.75, 3.05) is 0 Å². The summed E-state index contributed by atoms with van der Waals surface area (Å²) in [5, 5.41) is 19.6. The third-order valence-corrected chi connectivity index (χ3v) is 4.24. The standard InChI is InChI=1S/C9H13BrO5/c1-8(2)13-5-3(11)4(12)6-9(10,15-6)7(5)14-8/h3-7,11-12H,1-2H3/t3-,4+,5+,6+,7+,9+/m1/s1. The van der Waals surface area contributed by atoms with Gasteiger partial charge in [0.25, 0.3) is 0 Å². The van der Waals surface area contributed by atoms with E-state index in [-0.39, 0.29) is 6.10 Å². The summed E-state index contributed by atoms with van der Waals surface area (Å²) in [6.07, 6.45) is -3.23. The molecule has 0 radical (unpaired) electrons. The van der Waals surface area contributed by atoms with E-state index in [9.17, 15) is 10.2 Å². The van der Waals surface area contributed by atoms with Crippen molar-refractivity contribution >= 4 is 15.9 Å². The van der Waals surface area contributed by atoms with Crippen molar-refractivity contribution in [2.24, 2.45) is 0 Å². The molecule has 3 fully saturated rings. The number of epoxide rings is 1. The third kappa shape index (κ3) is 1.26. The Bertz CT molecular complexity index is 309. The van der Waals surface area contributed by atoms with Crippen LogP contribution in [0.5, 0.6) is 0 Å². The minimum Gasteiger partial charge on any atom is -0.387 e. The van der Waals surface area contributed by atoms with Crippen molar-refractivity contribution in [1.29, 1.82) is 0 Å². The summed E-state index contributed by atoms with van der Waals surface area (Å²) < 4.78 is 15.9. The summed E-state index contributed by atoms with van der Waals surface area (Å²) >= 11 is 3.39. The first-order valence-corrected chi connectivity index (χ1v) is 5.73.